The van der Waals surface area contributed by atoms with Crippen LogP contribution in [0.2, 0.25) is 0 Å². The third kappa shape index (κ3) is 4.00. The van der Waals surface area contributed by atoms with Crippen LogP contribution in [0, 0.1) is 6.92 Å². The Labute approximate surface area is 179 Å². The minimum absolute atomic E-state index is 0.0177. The molecule has 1 aliphatic heterocycles. The minimum Gasteiger partial charge on any atom is -0.453 e. The summed E-state index contributed by atoms with van der Waals surface area (Å²) in [4.78, 5) is 18.6. The van der Waals surface area contributed by atoms with E-state index < -0.39 is 16.0 Å². The third-order valence-corrected chi connectivity index (χ3v) is 7.87. The molecule has 0 atom stereocenters. The van der Waals surface area contributed by atoms with Gasteiger partial charge in [-0.25, -0.2) is 18.2 Å². The highest BCUT2D eigenvalue weighted by molar-refractivity contribution is 7.89. The average molecular weight is 450 g/mol. The van der Waals surface area contributed by atoms with Crippen LogP contribution >= 0.6 is 11.3 Å². The summed E-state index contributed by atoms with van der Waals surface area (Å²) in [5, 5.41) is 0. The van der Waals surface area contributed by atoms with E-state index >= 15 is 0 Å². The molecule has 4 rings (SSSR count). The van der Waals surface area contributed by atoms with E-state index in [2.05, 4.69) is 4.98 Å². The molecule has 3 heterocycles. The van der Waals surface area contributed by atoms with Crippen molar-refractivity contribution in [3.8, 4) is 0 Å². The third-order valence-electron chi connectivity index (χ3n) is 5.00. The maximum atomic E-state index is 12.9. The summed E-state index contributed by atoms with van der Waals surface area (Å²) < 4.78 is 39.9. The number of sulfonamides is 1. The normalized spacial score (nSPS) is 15.5. The van der Waals surface area contributed by atoms with Crippen LogP contribution in [0.1, 0.15) is 27.3 Å². The number of thiophene rings is 1. The standard InChI is InChI=1S/C20H23N3O5S2/c1-3-23-17-6-5-15(30(25,26)22-8-10-27-11-9-22)12-16(17)21-19(23)13-28-20(24)18-7-4-14(2)29-18/h4-7,12H,3,8-11,13H2,1-2H3. The van der Waals surface area contributed by atoms with Crippen LogP contribution in [-0.2, 0) is 32.6 Å². The summed E-state index contributed by atoms with van der Waals surface area (Å²) in [5.41, 5.74) is 1.36. The molecule has 0 radical (unpaired) electrons. The maximum Gasteiger partial charge on any atom is 0.348 e. The zero-order chi connectivity index (χ0) is 21.3. The van der Waals surface area contributed by atoms with Crippen LogP contribution in [0.25, 0.3) is 11.0 Å². The Morgan fingerprint density at radius 2 is 2.00 bits per heavy atom. The number of aryl methyl sites for hydroxylation is 2. The quantitative estimate of drug-likeness (QED) is 0.538. The summed E-state index contributed by atoms with van der Waals surface area (Å²) >= 11 is 1.38. The van der Waals surface area contributed by atoms with Crippen molar-refractivity contribution in [3.63, 3.8) is 0 Å². The number of imidazole rings is 1. The van der Waals surface area contributed by atoms with Crippen LogP contribution in [0.5, 0.6) is 0 Å². The first-order valence-corrected chi connectivity index (χ1v) is 12.0. The lowest BCUT2D eigenvalue weighted by Crippen LogP contribution is -2.40. The predicted molar refractivity (Wildman–Crippen MR) is 113 cm³/mol. The molecule has 0 amide bonds. The molecule has 1 saturated heterocycles. The lowest BCUT2D eigenvalue weighted by atomic mass is 10.3. The number of carbonyl (C=O) groups is 1. The molecule has 3 aromatic rings. The Morgan fingerprint density at radius 1 is 1.23 bits per heavy atom. The summed E-state index contributed by atoms with van der Waals surface area (Å²) in [6, 6.07) is 8.56. The van der Waals surface area contributed by atoms with Crippen LogP contribution in [0.3, 0.4) is 0 Å². The smallest absolute Gasteiger partial charge is 0.348 e. The molecule has 1 aromatic carbocycles. The molecule has 10 heteroatoms. The van der Waals surface area contributed by atoms with E-state index in [1.165, 1.54) is 15.6 Å². The summed E-state index contributed by atoms with van der Waals surface area (Å²) in [7, 11) is -3.60. The first kappa shape index (κ1) is 21.0. The Morgan fingerprint density at radius 3 is 2.67 bits per heavy atom. The van der Waals surface area contributed by atoms with Gasteiger partial charge in [0, 0.05) is 24.5 Å². The SMILES string of the molecule is CCn1c(COC(=O)c2ccc(C)s2)nc2cc(S(=O)(=O)N3CCOCC3)ccc21. The molecule has 0 spiro atoms. The minimum atomic E-state index is -3.60. The Bertz CT molecular complexity index is 1180. The first-order chi connectivity index (χ1) is 14.4. The largest absolute Gasteiger partial charge is 0.453 e. The molecule has 0 saturated carbocycles. The van der Waals surface area contributed by atoms with Crippen molar-refractivity contribution in [2.75, 3.05) is 26.3 Å². The highest BCUT2D eigenvalue weighted by Crippen LogP contribution is 2.24. The van der Waals surface area contributed by atoms with E-state index in [1.807, 2.05) is 24.5 Å². The average Bonchev–Trinajstić information content (AvgIpc) is 3.35. The van der Waals surface area contributed by atoms with Crippen LogP contribution in [-0.4, -0.2) is 54.5 Å². The number of rotatable bonds is 6. The molecular formula is C20H23N3O5S2. The van der Waals surface area contributed by atoms with Gasteiger partial charge in [-0.1, -0.05) is 0 Å². The molecule has 0 aliphatic carbocycles. The van der Waals surface area contributed by atoms with Gasteiger partial charge in [-0.3, -0.25) is 0 Å². The van der Waals surface area contributed by atoms with Gasteiger partial charge in [-0.15, -0.1) is 11.3 Å². The predicted octanol–water partition coefficient (Wildman–Crippen LogP) is 2.80. The lowest BCUT2D eigenvalue weighted by molar-refractivity contribution is 0.0464. The van der Waals surface area contributed by atoms with E-state index in [-0.39, 0.29) is 11.5 Å². The van der Waals surface area contributed by atoms with E-state index in [9.17, 15) is 13.2 Å². The number of nitrogens with zero attached hydrogens (tertiary/aromatic N) is 3. The number of hydrogen-bond acceptors (Lipinski definition) is 7. The number of fused-ring (bicyclic) bond motifs is 1. The van der Waals surface area contributed by atoms with E-state index in [0.29, 0.717) is 49.1 Å². The fourth-order valence-electron chi connectivity index (χ4n) is 3.46. The summed E-state index contributed by atoms with van der Waals surface area (Å²) in [6.07, 6.45) is 0. The van der Waals surface area contributed by atoms with Crippen molar-refractivity contribution in [2.24, 2.45) is 0 Å². The molecule has 0 bridgehead atoms. The van der Waals surface area contributed by atoms with E-state index in [0.717, 1.165) is 10.4 Å². The van der Waals surface area contributed by atoms with Gasteiger partial charge in [0.15, 0.2) is 0 Å². The van der Waals surface area contributed by atoms with Crippen molar-refractivity contribution >= 4 is 38.4 Å². The number of ether oxygens (including phenoxy) is 2. The fourth-order valence-corrected chi connectivity index (χ4v) is 5.65. The van der Waals surface area contributed by atoms with Gasteiger partial charge < -0.3 is 14.0 Å². The second-order valence-electron chi connectivity index (χ2n) is 6.93. The van der Waals surface area contributed by atoms with Crippen molar-refractivity contribution in [2.45, 2.75) is 31.9 Å². The van der Waals surface area contributed by atoms with Gasteiger partial charge in [-0.2, -0.15) is 4.31 Å². The first-order valence-electron chi connectivity index (χ1n) is 9.71. The zero-order valence-corrected chi connectivity index (χ0v) is 18.5. The van der Waals surface area contributed by atoms with Gasteiger partial charge in [0.25, 0.3) is 0 Å². The molecule has 160 valence electrons. The summed E-state index contributed by atoms with van der Waals surface area (Å²) in [5.74, 6) is 0.188. The summed E-state index contributed by atoms with van der Waals surface area (Å²) in [6.45, 7) is 6.01. The van der Waals surface area contributed by atoms with Gasteiger partial charge >= 0.3 is 5.97 Å². The van der Waals surface area contributed by atoms with E-state index in [1.54, 1.807) is 24.3 Å². The fraction of sp³-hybridized carbons (Fsp3) is 0.400. The van der Waals surface area contributed by atoms with Crippen molar-refractivity contribution in [3.05, 3.63) is 45.9 Å². The van der Waals surface area contributed by atoms with Gasteiger partial charge in [0.1, 0.15) is 17.3 Å². The molecular weight excluding hydrogens is 426 g/mol. The second-order valence-corrected chi connectivity index (χ2v) is 10.2. The van der Waals surface area contributed by atoms with E-state index in [4.69, 9.17) is 9.47 Å². The number of benzene rings is 1. The number of hydrogen-bond donors (Lipinski definition) is 0. The van der Waals surface area contributed by atoms with Crippen molar-refractivity contribution in [1.82, 2.24) is 13.9 Å². The molecule has 0 N–H and O–H groups in total. The molecule has 8 nitrogen and oxygen atoms in total. The number of aromatic nitrogens is 2. The van der Waals surface area contributed by atoms with Crippen LogP contribution in [0.4, 0.5) is 0 Å². The highest BCUT2D eigenvalue weighted by atomic mass is 32.2. The molecule has 1 aliphatic rings. The number of morpholine rings is 1. The number of esters is 1. The van der Waals surface area contributed by atoms with Gasteiger partial charge in [-0.05, 0) is 44.2 Å². The van der Waals surface area contributed by atoms with Crippen LogP contribution in [0.15, 0.2) is 35.2 Å². The van der Waals surface area contributed by atoms with Gasteiger partial charge in [0.2, 0.25) is 10.0 Å². The van der Waals surface area contributed by atoms with Crippen molar-refractivity contribution in [1.29, 1.82) is 0 Å². The molecule has 30 heavy (non-hydrogen) atoms. The monoisotopic (exact) mass is 449 g/mol. The Hall–Kier alpha value is -2.27. The zero-order valence-electron chi connectivity index (χ0n) is 16.8. The topological polar surface area (TPSA) is 90.7 Å². The Balaban J connectivity index is 1.59. The van der Waals surface area contributed by atoms with Crippen molar-refractivity contribution < 1.29 is 22.7 Å². The Kier molecular flexibility index (Phi) is 5.92. The maximum absolute atomic E-state index is 12.9. The molecule has 2 aromatic heterocycles. The molecule has 1 fully saturated rings. The van der Waals surface area contributed by atoms with Crippen LogP contribution < -0.4 is 0 Å². The highest BCUT2D eigenvalue weighted by Gasteiger charge is 2.27. The van der Waals surface area contributed by atoms with Gasteiger partial charge in [0.05, 0.1) is 29.1 Å². The lowest BCUT2D eigenvalue weighted by Gasteiger charge is -2.26. The molecule has 0 unspecified atom stereocenters. The second kappa shape index (κ2) is 8.46. The number of carbonyl (C=O) groups excluding carboxylic acids is 1.